The second kappa shape index (κ2) is 9.45. The largest absolute Gasteiger partial charge is 0.493 e. The predicted molar refractivity (Wildman–Crippen MR) is 124 cm³/mol. The van der Waals surface area contributed by atoms with Crippen molar-refractivity contribution in [1.82, 2.24) is 15.1 Å². The highest BCUT2D eigenvalue weighted by Gasteiger charge is 2.28. The van der Waals surface area contributed by atoms with Gasteiger partial charge in [-0.25, -0.2) is 4.99 Å². The normalized spacial score (nSPS) is 15.0. The number of hydrogen-bond acceptors (Lipinski definition) is 6. The summed E-state index contributed by atoms with van der Waals surface area (Å²) in [6.07, 6.45) is 0.669. The van der Waals surface area contributed by atoms with Crippen LogP contribution in [0, 0.1) is 0 Å². The van der Waals surface area contributed by atoms with Gasteiger partial charge in [0.1, 0.15) is 0 Å². The zero-order valence-corrected chi connectivity index (χ0v) is 18.7. The maximum Gasteiger partial charge on any atom is 0.239 e. The number of halogens is 1. The van der Waals surface area contributed by atoms with Gasteiger partial charge in [-0.05, 0) is 41.8 Å². The molecule has 31 heavy (non-hydrogen) atoms. The summed E-state index contributed by atoms with van der Waals surface area (Å²) in [5.74, 6) is 2.29. The first-order valence-electron chi connectivity index (χ1n) is 9.61. The molecule has 2 aromatic carbocycles. The highest BCUT2D eigenvalue weighted by Crippen LogP contribution is 2.29. The van der Waals surface area contributed by atoms with Crippen molar-refractivity contribution in [3.05, 3.63) is 59.1 Å². The summed E-state index contributed by atoms with van der Waals surface area (Å²) in [6.45, 7) is 0.522. The van der Waals surface area contributed by atoms with Crippen molar-refractivity contribution in [3.63, 3.8) is 0 Å². The maximum absolute atomic E-state index is 12.4. The molecule has 160 valence electrons. The Balaban J connectivity index is 1.48. The zero-order chi connectivity index (χ0) is 21.8. The van der Waals surface area contributed by atoms with E-state index >= 15 is 0 Å². The lowest BCUT2D eigenvalue weighted by atomic mass is 10.1. The van der Waals surface area contributed by atoms with Crippen molar-refractivity contribution in [2.45, 2.75) is 6.42 Å². The molecule has 4 rings (SSSR count). The molecule has 1 saturated heterocycles. The number of methoxy groups -OCH3 is 2. The number of nitrogens with one attached hydrogen (secondary N) is 1. The molecule has 1 fully saturated rings. The molecule has 1 aromatic heterocycles. The van der Waals surface area contributed by atoms with E-state index in [1.54, 1.807) is 19.1 Å². The average molecular weight is 457 g/mol. The maximum atomic E-state index is 12.4. The summed E-state index contributed by atoms with van der Waals surface area (Å²) in [4.78, 5) is 18.7. The third-order valence-electron chi connectivity index (χ3n) is 4.86. The van der Waals surface area contributed by atoms with Crippen LogP contribution in [0.15, 0.2) is 53.5 Å². The number of aromatic amines is 1. The van der Waals surface area contributed by atoms with Crippen LogP contribution in [-0.4, -0.2) is 52.7 Å². The molecule has 2 heterocycles. The van der Waals surface area contributed by atoms with E-state index in [-0.39, 0.29) is 5.91 Å². The minimum atomic E-state index is 0.0395. The minimum absolute atomic E-state index is 0.0395. The first-order valence-corrected chi connectivity index (χ1v) is 11.0. The Labute approximate surface area is 189 Å². The molecule has 0 saturated carbocycles. The van der Waals surface area contributed by atoms with Crippen molar-refractivity contribution in [1.29, 1.82) is 0 Å². The Morgan fingerprint density at radius 1 is 1.13 bits per heavy atom. The number of carbonyl (C=O) groups excluding carboxylic acids is 1. The van der Waals surface area contributed by atoms with Crippen molar-refractivity contribution >= 4 is 40.3 Å². The smallest absolute Gasteiger partial charge is 0.239 e. The number of carbonyl (C=O) groups is 1. The van der Waals surface area contributed by atoms with E-state index in [2.05, 4.69) is 15.2 Å². The van der Waals surface area contributed by atoms with Gasteiger partial charge in [0.2, 0.25) is 5.91 Å². The Morgan fingerprint density at radius 2 is 1.90 bits per heavy atom. The topological polar surface area (TPSA) is 79.8 Å². The fraction of sp³-hybridized carbons (Fsp3) is 0.227. The Bertz CT molecular complexity index is 1110. The number of ether oxygens (including phenoxy) is 2. The van der Waals surface area contributed by atoms with Gasteiger partial charge in [-0.15, -0.1) is 0 Å². The van der Waals surface area contributed by atoms with Gasteiger partial charge in [0.15, 0.2) is 22.5 Å². The van der Waals surface area contributed by atoms with E-state index in [9.17, 15) is 4.79 Å². The standard InChI is InChI=1S/C22H21ClN4O3S/c1-29-18-8-3-14(11-19(18)30-2)9-10-27-21(28)13-31-22(27)24-20-12-17(25-26-20)15-4-6-16(23)7-5-15/h3-8,11-12H,9-10,13H2,1-2H3,(H,25,26). The summed E-state index contributed by atoms with van der Waals surface area (Å²) < 4.78 is 10.6. The van der Waals surface area contributed by atoms with Crippen LogP contribution in [0.2, 0.25) is 5.02 Å². The summed E-state index contributed by atoms with van der Waals surface area (Å²) in [5, 5.41) is 8.58. The second-order valence-electron chi connectivity index (χ2n) is 6.81. The van der Waals surface area contributed by atoms with Gasteiger partial charge in [0, 0.05) is 17.6 Å². The fourth-order valence-electron chi connectivity index (χ4n) is 3.22. The lowest BCUT2D eigenvalue weighted by Gasteiger charge is -2.16. The van der Waals surface area contributed by atoms with E-state index in [1.807, 2.05) is 48.5 Å². The first-order chi connectivity index (χ1) is 15.1. The number of amidine groups is 1. The summed E-state index contributed by atoms with van der Waals surface area (Å²) in [6, 6.07) is 15.1. The molecule has 0 unspecified atom stereocenters. The number of thioether (sulfide) groups is 1. The lowest BCUT2D eigenvalue weighted by molar-refractivity contribution is -0.124. The molecule has 0 aliphatic carbocycles. The second-order valence-corrected chi connectivity index (χ2v) is 8.19. The molecule has 1 N–H and O–H groups in total. The number of nitrogens with zero attached hydrogens (tertiary/aromatic N) is 3. The van der Waals surface area contributed by atoms with Crippen LogP contribution in [0.25, 0.3) is 11.3 Å². The van der Waals surface area contributed by atoms with E-state index < -0.39 is 0 Å². The van der Waals surface area contributed by atoms with E-state index in [0.29, 0.717) is 46.2 Å². The van der Waals surface area contributed by atoms with E-state index in [4.69, 9.17) is 21.1 Å². The Kier molecular flexibility index (Phi) is 6.48. The molecule has 1 aliphatic heterocycles. The van der Waals surface area contributed by atoms with Crippen molar-refractivity contribution in [2.75, 3.05) is 26.5 Å². The average Bonchev–Trinajstić information content (AvgIpc) is 3.39. The van der Waals surface area contributed by atoms with Gasteiger partial charge >= 0.3 is 0 Å². The van der Waals surface area contributed by atoms with Crippen LogP contribution in [0.5, 0.6) is 11.5 Å². The highest BCUT2D eigenvalue weighted by atomic mass is 35.5. The van der Waals surface area contributed by atoms with Gasteiger partial charge in [-0.2, -0.15) is 5.10 Å². The summed E-state index contributed by atoms with van der Waals surface area (Å²) in [7, 11) is 3.21. The molecule has 0 spiro atoms. The van der Waals surface area contributed by atoms with Gasteiger partial charge < -0.3 is 9.47 Å². The van der Waals surface area contributed by atoms with Crippen molar-refractivity contribution in [3.8, 4) is 22.8 Å². The Morgan fingerprint density at radius 3 is 2.65 bits per heavy atom. The number of benzene rings is 2. The quantitative estimate of drug-likeness (QED) is 0.564. The van der Waals surface area contributed by atoms with Gasteiger partial charge in [-0.1, -0.05) is 41.6 Å². The molecule has 1 aliphatic rings. The minimum Gasteiger partial charge on any atom is -0.493 e. The van der Waals surface area contributed by atoms with Crippen molar-refractivity contribution < 1.29 is 14.3 Å². The van der Waals surface area contributed by atoms with Crippen LogP contribution < -0.4 is 9.47 Å². The zero-order valence-electron chi connectivity index (χ0n) is 17.1. The number of H-pyrrole nitrogens is 1. The van der Waals surface area contributed by atoms with Gasteiger partial charge in [0.05, 0.1) is 25.7 Å². The SMILES string of the molecule is COc1ccc(CCN2C(=O)CSC2=Nc2cc(-c3ccc(Cl)cc3)[nH]n2)cc1OC. The highest BCUT2D eigenvalue weighted by molar-refractivity contribution is 8.15. The molecular formula is C22H21ClN4O3S. The van der Waals surface area contributed by atoms with Crippen LogP contribution >= 0.6 is 23.4 Å². The number of aromatic nitrogens is 2. The van der Waals surface area contributed by atoms with E-state index in [1.165, 1.54) is 11.8 Å². The third kappa shape index (κ3) is 4.86. The molecular weight excluding hydrogens is 436 g/mol. The third-order valence-corrected chi connectivity index (χ3v) is 6.07. The van der Waals surface area contributed by atoms with Crippen LogP contribution in [-0.2, 0) is 11.2 Å². The van der Waals surface area contributed by atoms with Crippen LogP contribution in [0.4, 0.5) is 5.82 Å². The molecule has 9 heteroatoms. The van der Waals surface area contributed by atoms with Gasteiger partial charge in [-0.3, -0.25) is 14.8 Å². The first kappa shape index (κ1) is 21.3. The molecule has 0 atom stereocenters. The van der Waals surface area contributed by atoms with Crippen LogP contribution in [0.3, 0.4) is 0 Å². The monoisotopic (exact) mass is 456 g/mol. The molecule has 1 amide bonds. The molecule has 0 bridgehead atoms. The Hall–Kier alpha value is -2.97. The summed E-state index contributed by atoms with van der Waals surface area (Å²) in [5.41, 5.74) is 2.84. The number of rotatable bonds is 7. The van der Waals surface area contributed by atoms with Crippen molar-refractivity contribution in [2.24, 2.45) is 4.99 Å². The number of hydrogen-bond donors (Lipinski definition) is 1. The predicted octanol–water partition coefficient (Wildman–Crippen LogP) is 4.55. The molecule has 7 nitrogen and oxygen atoms in total. The molecule has 3 aromatic rings. The lowest BCUT2D eigenvalue weighted by Crippen LogP contribution is -2.31. The van der Waals surface area contributed by atoms with Gasteiger partial charge in [0.25, 0.3) is 0 Å². The number of amides is 1. The summed E-state index contributed by atoms with van der Waals surface area (Å²) >= 11 is 7.37. The number of aliphatic imine (C=N–C) groups is 1. The van der Waals surface area contributed by atoms with E-state index in [0.717, 1.165) is 16.8 Å². The molecule has 0 radical (unpaired) electrons. The van der Waals surface area contributed by atoms with Crippen LogP contribution in [0.1, 0.15) is 5.56 Å². The fourth-order valence-corrected chi connectivity index (χ4v) is 4.26.